The molecule has 0 spiro atoms. The van der Waals surface area contributed by atoms with Crippen LogP contribution in [0.5, 0.6) is 0 Å². The highest BCUT2D eigenvalue weighted by atomic mass is 19.3. The Morgan fingerprint density at radius 3 is 2.44 bits per heavy atom. The third-order valence-corrected chi connectivity index (χ3v) is 5.11. The van der Waals surface area contributed by atoms with Gasteiger partial charge in [0.05, 0.1) is 34.3 Å². The lowest BCUT2D eigenvalue weighted by atomic mass is 10.0. The molecule has 0 aliphatic rings. The van der Waals surface area contributed by atoms with E-state index in [0.717, 1.165) is 15.5 Å². The highest BCUT2D eigenvalue weighted by molar-refractivity contribution is 5.82. The third kappa shape index (κ3) is 4.04. The molecule has 0 fully saturated rings. The number of halogens is 2. The number of benzene rings is 2. The molecule has 1 amide bonds. The predicted molar refractivity (Wildman–Crippen MR) is 115 cm³/mol. The number of nitrogens with zero attached hydrogens (tertiary/aromatic N) is 4. The second kappa shape index (κ2) is 8.38. The van der Waals surface area contributed by atoms with Gasteiger partial charge in [0.15, 0.2) is 0 Å². The molecule has 7 nitrogen and oxygen atoms in total. The molecule has 0 aliphatic carbocycles. The monoisotopic (exact) mass is 440 g/mol. The number of carbonyl (C=O) groups is 1. The first-order chi connectivity index (χ1) is 15.0. The highest BCUT2D eigenvalue weighted by Gasteiger charge is 2.35. The van der Waals surface area contributed by atoms with Crippen LogP contribution in [0.25, 0.3) is 16.6 Å². The smallest absolute Gasteiger partial charge is 0.408 e. The van der Waals surface area contributed by atoms with Gasteiger partial charge in [-0.05, 0) is 52.0 Å². The van der Waals surface area contributed by atoms with Crippen molar-refractivity contribution in [1.82, 2.24) is 14.5 Å². The maximum absolute atomic E-state index is 13.7. The van der Waals surface area contributed by atoms with Crippen LogP contribution in [0.2, 0.25) is 0 Å². The molecular weight excluding hydrogens is 418 g/mol. The Hall–Kier alpha value is -3.80. The van der Waals surface area contributed by atoms with Gasteiger partial charge in [0, 0.05) is 11.1 Å². The number of nitriles is 1. The Morgan fingerprint density at radius 1 is 1.22 bits per heavy atom. The molecule has 3 rings (SSSR count). The molecule has 0 saturated heterocycles. The number of hydrogen-bond donors (Lipinski definition) is 1. The zero-order valence-electron chi connectivity index (χ0n) is 18.0. The van der Waals surface area contributed by atoms with Crippen LogP contribution in [0, 0.1) is 11.3 Å². The van der Waals surface area contributed by atoms with E-state index < -0.39 is 35.2 Å². The summed E-state index contributed by atoms with van der Waals surface area (Å²) in [5, 5.41) is 18.9. The van der Waals surface area contributed by atoms with Gasteiger partial charge in [-0.3, -0.25) is 14.3 Å². The minimum Gasteiger partial charge on any atom is -0.465 e. The van der Waals surface area contributed by atoms with Crippen molar-refractivity contribution in [3.05, 3.63) is 69.8 Å². The van der Waals surface area contributed by atoms with Crippen molar-refractivity contribution in [3.63, 3.8) is 0 Å². The fraction of sp³-hybridized carbons (Fsp3) is 0.304. The van der Waals surface area contributed by atoms with Crippen molar-refractivity contribution in [2.45, 2.75) is 45.7 Å². The van der Waals surface area contributed by atoms with Gasteiger partial charge >= 0.3 is 6.09 Å². The van der Waals surface area contributed by atoms with Crippen molar-refractivity contribution >= 4 is 17.0 Å². The van der Waals surface area contributed by atoms with Gasteiger partial charge in [0.2, 0.25) is 0 Å². The average molecular weight is 440 g/mol. The largest absolute Gasteiger partial charge is 0.465 e. The first-order valence-corrected chi connectivity index (χ1v) is 9.84. The molecule has 166 valence electrons. The van der Waals surface area contributed by atoms with E-state index >= 15 is 0 Å². The fourth-order valence-corrected chi connectivity index (χ4v) is 3.85. The summed E-state index contributed by atoms with van der Waals surface area (Å²) in [6.45, 7) is 6.68. The number of alkyl halides is 2. The number of aromatic nitrogens is 2. The third-order valence-electron chi connectivity index (χ3n) is 5.11. The fourth-order valence-electron chi connectivity index (χ4n) is 3.85. The summed E-state index contributed by atoms with van der Waals surface area (Å²) >= 11 is 0. The number of hydrogen-bond acceptors (Lipinski definition) is 4. The summed E-state index contributed by atoms with van der Waals surface area (Å²) in [7, 11) is 0. The molecule has 0 bridgehead atoms. The van der Waals surface area contributed by atoms with E-state index in [1.165, 1.54) is 24.3 Å². The minimum atomic E-state index is -2.90. The lowest BCUT2D eigenvalue weighted by molar-refractivity contribution is 0.0719. The van der Waals surface area contributed by atoms with Gasteiger partial charge in [0.25, 0.3) is 12.0 Å². The van der Waals surface area contributed by atoms with E-state index in [9.17, 15) is 28.7 Å². The zero-order valence-corrected chi connectivity index (χ0v) is 18.0. The van der Waals surface area contributed by atoms with E-state index in [1.807, 2.05) is 6.07 Å². The van der Waals surface area contributed by atoms with E-state index in [0.29, 0.717) is 0 Å². The van der Waals surface area contributed by atoms with Gasteiger partial charge in [-0.25, -0.2) is 18.6 Å². The number of fused-ring (bicyclic) bond motifs is 1. The molecular formula is C23H22F2N4O3. The lowest BCUT2D eigenvalue weighted by Gasteiger charge is -2.38. The van der Waals surface area contributed by atoms with Crippen LogP contribution < -0.4 is 5.56 Å². The molecule has 1 N–H and O–H groups in total. The van der Waals surface area contributed by atoms with Gasteiger partial charge in [-0.2, -0.15) is 5.26 Å². The van der Waals surface area contributed by atoms with Crippen LogP contribution >= 0.6 is 0 Å². The summed E-state index contributed by atoms with van der Waals surface area (Å²) < 4.78 is 28.5. The quantitative estimate of drug-likeness (QED) is 0.613. The Morgan fingerprint density at radius 2 is 1.88 bits per heavy atom. The summed E-state index contributed by atoms with van der Waals surface area (Å²) in [4.78, 5) is 31.2. The predicted octanol–water partition coefficient (Wildman–Crippen LogP) is 5.03. The standard InChI is InChI=1S/C23H22F2N4O3/c1-13(29(22(31)32)23(2,3)4)20-27-17-10-6-9-16(19(24)25)18(17)21(30)28(20)15-8-5-7-14(11-15)12-26/h5-11,13,19H,1-4H3,(H,31,32)/t13-/m0/s1. The van der Waals surface area contributed by atoms with E-state index in [2.05, 4.69) is 4.98 Å². The van der Waals surface area contributed by atoms with E-state index in [4.69, 9.17) is 0 Å². The topological polar surface area (TPSA) is 99.2 Å². The van der Waals surface area contributed by atoms with Crippen LogP contribution in [0.3, 0.4) is 0 Å². The maximum atomic E-state index is 13.7. The number of carboxylic acid groups (broad SMARTS) is 1. The molecule has 0 radical (unpaired) electrons. The summed E-state index contributed by atoms with van der Waals surface area (Å²) in [5.41, 5.74) is -1.55. The minimum absolute atomic E-state index is 0.0431. The average Bonchev–Trinajstić information content (AvgIpc) is 2.71. The van der Waals surface area contributed by atoms with E-state index in [1.54, 1.807) is 39.8 Å². The molecule has 1 atom stereocenters. The van der Waals surface area contributed by atoms with Gasteiger partial charge in [-0.15, -0.1) is 0 Å². The molecule has 9 heteroatoms. The molecule has 3 aromatic rings. The first kappa shape index (κ1) is 22.9. The van der Waals surface area contributed by atoms with Crippen molar-refractivity contribution in [1.29, 1.82) is 5.26 Å². The van der Waals surface area contributed by atoms with Crippen molar-refractivity contribution in [2.75, 3.05) is 0 Å². The van der Waals surface area contributed by atoms with Crippen molar-refractivity contribution in [2.24, 2.45) is 0 Å². The molecule has 32 heavy (non-hydrogen) atoms. The Kier molecular flexibility index (Phi) is 5.99. The molecule has 2 aromatic carbocycles. The second-order valence-electron chi connectivity index (χ2n) is 8.31. The van der Waals surface area contributed by atoms with E-state index in [-0.39, 0.29) is 28.0 Å². The Labute approximate surface area is 183 Å². The summed E-state index contributed by atoms with van der Waals surface area (Å²) in [6.07, 6.45) is -4.13. The van der Waals surface area contributed by atoms with Crippen LogP contribution in [-0.4, -0.2) is 31.2 Å². The lowest BCUT2D eigenvalue weighted by Crippen LogP contribution is -2.47. The number of rotatable bonds is 4. The Balaban J connectivity index is 2.46. The molecule has 0 saturated carbocycles. The van der Waals surface area contributed by atoms with Gasteiger partial charge in [0.1, 0.15) is 5.82 Å². The van der Waals surface area contributed by atoms with Crippen LogP contribution in [0.1, 0.15) is 57.1 Å². The molecule has 0 unspecified atom stereocenters. The SMILES string of the molecule is C[C@@H](c1nc2cccc(C(F)F)c2c(=O)n1-c1cccc(C#N)c1)N(C(=O)O)C(C)(C)C. The molecule has 1 aromatic heterocycles. The normalized spacial score (nSPS) is 12.6. The van der Waals surface area contributed by atoms with Crippen molar-refractivity contribution < 1.29 is 18.7 Å². The summed E-state index contributed by atoms with van der Waals surface area (Å²) in [6, 6.07) is 11.1. The van der Waals surface area contributed by atoms with Gasteiger partial charge < -0.3 is 5.11 Å². The first-order valence-electron chi connectivity index (χ1n) is 9.84. The maximum Gasteiger partial charge on any atom is 0.408 e. The summed E-state index contributed by atoms with van der Waals surface area (Å²) in [5.74, 6) is 0.0568. The molecule has 0 aliphatic heterocycles. The zero-order chi connectivity index (χ0) is 23.8. The van der Waals surface area contributed by atoms with Crippen LogP contribution in [0.15, 0.2) is 47.3 Å². The molecule has 1 heterocycles. The second-order valence-corrected chi connectivity index (χ2v) is 8.31. The highest BCUT2D eigenvalue weighted by Crippen LogP contribution is 2.31. The van der Waals surface area contributed by atoms with Crippen molar-refractivity contribution in [3.8, 4) is 11.8 Å². The van der Waals surface area contributed by atoms with Crippen LogP contribution in [0.4, 0.5) is 13.6 Å². The van der Waals surface area contributed by atoms with Gasteiger partial charge in [-0.1, -0.05) is 18.2 Å². The Bertz CT molecular complexity index is 1290. The van der Waals surface area contributed by atoms with Crippen LogP contribution in [-0.2, 0) is 0 Å². The number of amides is 1.